The van der Waals surface area contributed by atoms with Crippen LogP contribution in [0.1, 0.15) is 5.56 Å². The van der Waals surface area contributed by atoms with Gasteiger partial charge in [0.1, 0.15) is 22.7 Å². The molecule has 1 heterocycles. The van der Waals surface area contributed by atoms with Crippen LogP contribution in [0.5, 0.6) is 17.4 Å². The number of aromatic amines is 1. The van der Waals surface area contributed by atoms with Crippen LogP contribution in [-0.2, 0) is 0 Å². The fourth-order valence-corrected chi connectivity index (χ4v) is 2.76. The molecule has 0 amide bonds. The van der Waals surface area contributed by atoms with Gasteiger partial charge in [-0.05, 0) is 24.3 Å². The first-order valence-electron chi connectivity index (χ1n) is 8.05. The van der Waals surface area contributed by atoms with Crippen molar-refractivity contribution in [3.8, 4) is 23.1 Å². The minimum Gasteiger partial charge on any atom is -0.497 e. The second kappa shape index (κ2) is 8.01. The van der Waals surface area contributed by atoms with E-state index in [4.69, 9.17) is 21.1 Å². The van der Waals surface area contributed by atoms with Crippen molar-refractivity contribution in [1.29, 1.82) is 0 Å². The lowest BCUT2D eigenvalue weighted by molar-refractivity contribution is 0.404. The Morgan fingerprint density at radius 1 is 1.14 bits per heavy atom. The third kappa shape index (κ3) is 3.63. The first-order valence-corrected chi connectivity index (χ1v) is 8.43. The van der Waals surface area contributed by atoms with E-state index in [1.807, 2.05) is 0 Å². The van der Waals surface area contributed by atoms with Gasteiger partial charge in [0, 0.05) is 12.3 Å². The van der Waals surface area contributed by atoms with E-state index in [0.29, 0.717) is 17.2 Å². The van der Waals surface area contributed by atoms with Crippen LogP contribution in [0.3, 0.4) is 0 Å². The summed E-state index contributed by atoms with van der Waals surface area (Å²) in [5, 5.41) is 10.8. The minimum atomic E-state index is -0.827. The van der Waals surface area contributed by atoms with Crippen LogP contribution in [-0.4, -0.2) is 35.1 Å². The Morgan fingerprint density at radius 3 is 2.57 bits per heavy atom. The fraction of sp³-hybridized carbons (Fsp3) is 0.105. The number of H-pyrrole nitrogens is 1. The van der Waals surface area contributed by atoms with Crippen LogP contribution >= 0.6 is 11.6 Å². The predicted molar refractivity (Wildman–Crippen MR) is 106 cm³/mol. The van der Waals surface area contributed by atoms with Crippen LogP contribution in [0.2, 0.25) is 5.02 Å². The molecular formula is C19H16ClN3O5. The molecule has 0 spiro atoms. The van der Waals surface area contributed by atoms with E-state index < -0.39 is 17.1 Å². The Labute approximate surface area is 164 Å². The van der Waals surface area contributed by atoms with Crippen LogP contribution in [0.15, 0.2) is 57.0 Å². The van der Waals surface area contributed by atoms with Crippen LogP contribution in [0, 0.1) is 0 Å². The van der Waals surface area contributed by atoms with Gasteiger partial charge in [-0.25, -0.2) is 9.36 Å². The molecule has 0 saturated heterocycles. The Balaban J connectivity index is 2.16. The van der Waals surface area contributed by atoms with Gasteiger partial charge < -0.3 is 14.6 Å². The van der Waals surface area contributed by atoms with Gasteiger partial charge in [-0.2, -0.15) is 0 Å². The van der Waals surface area contributed by atoms with Gasteiger partial charge in [-0.3, -0.25) is 14.8 Å². The number of aromatic nitrogens is 2. The van der Waals surface area contributed by atoms with Gasteiger partial charge in [-0.1, -0.05) is 23.7 Å². The zero-order valence-corrected chi connectivity index (χ0v) is 15.7. The van der Waals surface area contributed by atoms with Crippen LogP contribution in [0.25, 0.3) is 5.69 Å². The van der Waals surface area contributed by atoms with Crippen molar-refractivity contribution >= 4 is 23.5 Å². The standard InChI is InChI=1S/C19H16ClN3O5/c1-27-11-7-8-16(28-2)14(9-11)21-10-12-17(24)22-19(26)23(18(12)25)15-6-4-3-5-13(15)20/h3-10,25H,1-2H3,(H,22,24,26). The summed E-state index contributed by atoms with van der Waals surface area (Å²) in [6, 6.07) is 11.4. The van der Waals surface area contributed by atoms with E-state index >= 15 is 0 Å². The molecule has 0 fully saturated rings. The SMILES string of the molecule is COc1ccc(OC)c(N=Cc2c(O)n(-c3ccccc3Cl)c(=O)[nH]c2=O)c1. The van der Waals surface area contributed by atoms with Crippen molar-refractivity contribution in [2.75, 3.05) is 14.2 Å². The first kappa shape index (κ1) is 19.2. The number of ether oxygens (including phenoxy) is 2. The third-order valence-corrected chi connectivity index (χ3v) is 4.25. The van der Waals surface area contributed by atoms with Crippen LogP contribution in [0.4, 0.5) is 5.69 Å². The second-order valence-electron chi connectivity index (χ2n) is 5.58. The lowest BCUT2D eigenvalue weighted by Gasteiger charge is -2.11. The number of nitrogens with one attached hydrogen (secondary N) is 1. The zero-order valence-electron chi connectivity index (χ0n) is 15.0. The lowest BCUT2D eigenvalue weighted by Crippen LogP contribution is -2.31. The molecule has 28 heavy (non-hydrogen) atoms. The molecule has 2 aromatic carbocycles. The van der Waals surface area contributed by atoms with Gasteiger partial charge in [-0.15, -0.1) is 0 Å². The number of aliphatic imine (C=N–C) groups is 1. The number of aromatic hydroxyl groups is 1. The molecule has 0 unspecified atom stereocenters. The van der Waals surface area contributed by atoms with Crippen LogP contribution < -0.4 is 20.7 Å². The van der Waals surface area contributed by atoms with Crippen molar-refractivity contribution in [3.05, 3.63) is 73.9 Å². The normalized spacial score (nSPS) is 11.0. The van der Waals surface area contributed by atoms with Crippen molar-refractivity contribution < 1.29 is 14.6 Å². The summed E-state index contributed by atoms with van der Waals surface area (Å²) in [4.78, 5) is 30.8. The number of nitrogens with zero attached hydrogens (tertiary/aromatic N) is 2. The highest BCUT2D eigenvalue weighted by Gasteiger charge is 2.16. The lowest BCUT2D eigenvalue weighted by atomic mass is 10.2. The average Bonchev–Trinajstić information content (AvgIpc) is 2.68. The molecule has 0 aliphatic rings. The van der Waals surface area contributed by atoms with E-state index in [1.54, 1.807) is 36.4 Å². The maximum absolute atomic E-state index is 12.2. The van der Waals surface area contributed by atoms with E-state index in [9.17, 15) is 14.7 Å². The molecule has 0 atom stereocenters. The van der Waals surface area contributed by atoms with E-state index in [-0.39, 0.29) is 16.3 Å². The summed E-state index contributed by atoms with van der Waals surface area (Å²) in [6.45, 7) is 0. The Kier molecular flexibility index (Phi) is 5.51. The van der Waals surface area contributed by atoms with E-state index in [1.165, 1.54) is 20.3 Å². The monoisotopic (exact) mass is 401 g/mol. The largest absolute Gasteiger partial charge is 0.497 e. The highest BCUT2D eigenvalue weighted by Crippen LogP contribution is 2.31. The summed E-state index contributed by atoms with van der Waals surface area (Å²) in [6.07, 6.45) is 1.14. The summed E-state index contributed by atoms with van der Waals surface area (Å²) in [5.74, 6) is 0.381. The van der Waals surface area contributed by atoms with Gasteiger partial charge in [0.15, 0.2) is 0 Å². The average molecular weight is 402 g/mol. The topological polar surface area (TPSA) is 106 Å². The molecule has 0 aliphatic heterocycles. The van der Waals surface area contributed by atoms with E-state index in [2.05, 4.69) is 9.98 Å². The number of methoxy groups -OCH3 is 2. The van der Waals surface area contributed by atoms with Crippen molar-refractivity contribution in [3.63, 3.8) is 0 Å². The fourth-order valence-electron chi connectivity index (χ4n) is 2.54. The Morgan fingerprint density at radius 2 is 1.89 bits per heavy atom. The van der Waals surface area contributed by atoms with Gasteiger partial charge in [0.05, 0.1) is 24.9 Å². The number of hydrogen-bond acceptors (Lipinski definition) is 6. The minimum absolute atomic E-state index is 0.218. The molecule has 0 aliphatic carbocycles. The molecule has 144 valence electrons. The Bertz CT molecular complexity index is 1170. The highest BCUT2D eigenvalue weighted by atomic mass is 35.5. The molecule has 3 rings (SSSR count). The maximum Gasteiger partial charge on any atom is 0.335 e. The molecule has 1 aromatic heterocycles. The summed E-state index contributed by atoms with van der Waals surface area (Å²) < 4.78 is 11.3. The number of rotatable bonds is 5. The number of halogens is 1. The number of para-hydroxylation sites is 1. The smallest absolute Gasteiger partial charge is 0.335 e. The molecule has 8 nitrogen and oxygen atoms in total. The number of hydrogen-bond donors (Lipinski definition) is 2. The Hall–Kier alpha value is -3.52. The highest BCUT2D eigenvalue weighted by molar-refractivity contribution is 6.32. The molecule has 3 aromatic rings. The van der Waals surface area contributed by atoms with Crippen molar-refractivity contribution in [1.82, 2.24) is 9.55 Å². The predicted octanol–water partition coefficient (Wildman–Crippen LogP) is 2.65. The van der Waals surface area contributed by atoms with E-state index in [0.717, 1.165) is 10.8 Å². The maximum atomic E-state index is 12.2. The van der Waals surface area contributed by atoms with Gasteiger partial charge >= 0.3 is 5.69 Å². The van der Waals surface area contributed by atoms with Gasteiger partial charge in [0.2, 0.25) is 5.88 Å². The van der Waals surface area contributed by atoms with Gasteiger partial charge in [0.25, 0.3) is 5.56 Å². The first-order chi connectivity index (χ1) is 13.5. The summed E-state index contributed by atoms with van der Waals surface area (Å²) >= 11 is 6.11. The molecule has 0 saturated carbocycles. The molecule has 0 radical (unpaired) electrons. The molecule has 9 heteroatoms. The molecule has 2 N–H and O–H groups in total. The third-order valence-electron chi connectivity index (χ3n) is 3.93. The second-order valence-corrected chi connectivity index (χ2v) is 5.99. The quantitative estimate of drug-likeness (QED) is 0.639. The van der Waals surface area contributed by atoms with Crippen molar-refractivity contribution in [2.24, 2.45) is 4.99 Å². The zero-order chi connectivity index (χ0) is 20.3. The molecule has 0 bridgehead atoms. The summed E-state index contributed by atoms with van der Waals surface area (Å²) in [5.41, 5.74) is -1.25. The number of benzene rings is 2. The van der Waals surface area contributed by atoms with Crippen molar-refractivity contribution in [2.45, 2.75) is 0 Å². The summed E-state index contributed by atoms with van der Waals surface area (Å²) in [7, 11) is 2.98. The molecular weight excluding hydrogens is 386 g/mol.